The van der Waals surface area contributed by atoms with Crippen molar-refractivity contribution in [2.24, 2.45) is 0 Å². The number of aliphatic hydroxyl groups is 1. The normalized spacial score (nSPS) is 21.6. The van der Waals surface area contributed by atoms with Gasteiger partial charge in [-0.1, -0.05) is 42.3 Å². The van der Waals surface area contributed by atoms with Crippen molar-refractivity contribution in [1.29, 1.82) is 0 Å². The van der Waals surface area contributed by atoms with Crippen LogP contribution in [0.25, 0.3) is 11.3 Å². The van der Waals surface area contributed by atoms with Gasteiger partial charge in [-0.15, -0.1) is 0 Å². The number of hydrogen-bond donors (Lipinski definition) is 3. The van der Waals surface area contributed by atoms with Crippen LogP contribution in [0.15, 0.2) is 29.1 Å². The highest BCUT2D eigenvalue weighted by Gasteiger charge is 2.35. The van der Waals surface area contributed by atoms with Gasteiger partial charge in [0.25, 0.3) is 0 Å². The molecule has 0 spiro atoms. The molecule has 188 valence electrons. The SMILES string of the molecule is CC[C@H]1CN(c2nc3[nH]c(=O)[nH]c3nc2Cl)CCN1C1CCN([C@H](CO)c2ccc(Cl)cc2)CC1. The van der Waals surface area contributed by atoms with E-state index in [1.54, 1.807) is 0 Å². The molecule has 0 radical (unpaired) electrons. The first kappa shape index (κ1) is 24.5. The summed E-state index contributed by atoms with van der Waals surface area (Å²) in [5, 5.41) is 11.1. The first-order valence-electron chi connectivity index (χ1n) is 12.2. The molecule has 35 heavy (non-hydrogen) atoms. The Labute approximate surface area is 214 Å². The third kappa shape index (κ3) is 5.06. The molecule has 9 nitrogen and oxygen atoms in total. The fourth-order valence-corrected chi connectivity index (χ4v) is 5.95. The van der Waals surface area contributed by atoms with E-state index in [0.29, 0.717) is 39.4 Å². The average Bonchev–Trinajstić information content (AvgIpc) is 3.24. The van der Waals surface area contributed by atoms with Gasteiger partial charge in [-0.05, 0) is 37.0 Å². The minimum atomic E-state index is -0.338. The van der Waals surface area contributed by atoms with Gasteiger partial charge in [0.15, 0.2) is 22.3 Å². The van der Waals surface area contributed by atoms with E-state index >= 15 is 0 Å². The summed E-state index contributed by atoms with van der Waals surface area (Å²) in [5.41, 5.74) is 1.57. The lowest BCUT2D eigenvalue weighted by atomic mass is 9.96. The zero-order chi connectivity index (χ0) is 24.5. The van der Waals surface area contributed by atoms with Crippen LogP contribution < -0.4 is 10.6 Å². The number of piperazine rings is 1. The van der Waals surface area contributed by atoms with Gasteiger partial charge in [-0.2, -0.15) is 0 Å². The summed E-state index contributed by atoms with van der Waals surface area (Å²) >= 11 is 12.5. The Kier molecular flexibility index (Phi) is 7.31. The molecule has 3 N–H and O–H groups in total. The van der Waals surface area contributed by atoms with Crippen LogP contribution in [0.3, 0.4) is 0 Å². The van der Waals surface area contributed by atoms with Gasteiger partial charge < -0.3 is 10.0 Å². The van der Waals surface area contributed by atoms with Crippen molar-refractivity contribution in [2.75, 3.05) is 44.2 Å². The Balaban J connectivity index is 1.24. The Morgan fingerprint density at radius 2 is 1.74 bits per heavy atom. The molecule has 0 saturated carbocycles. The summed E-state index contributed by atoms with van der Waals surface area (Å²) in [6, 6.07) is 8.69. The third-order valence-electron chi connectivity index (χ3n) is 7.44. The zero-order valence-electron chi connectivity index (χ0n) is 19.8. The summed E-state index contributed by atoms with van der Waals surface area (Å²) in [6.45, 7) is 6.75. The maximum Gasteiger partial charge on any atom is 0.326 e. The molecule has 2 atom stereocenters. The number of rotatable bonds is 6. The van der Waals surface area contributed by atoms with Gasteiger partial charge in [0.1, 0.15) is 0 Å². The van der Waals surface area contributed by atoms with Crippen molar-refractivity contribution >= 4 is 40.3 Å². The molecule has 5 rings (SSSR count). The van der Waals surface area contributed by atoms with E-state index in [0.717, 1.165) is 57.5 Å². The van der Waals surface area contributed by atoms with Crippen LogP contribution in [-0.2, 0) is 0 Å². The lowest BCUT2D eigenvalue weighted by molar-refractivity contribution is 0.0356. The van der Waals surface area contributed by atoms with E-state index in [1.165, 1.54) is 0 Å². The summed E-state index contributed by atoms with van der Waals surface area (Å²) in [4.78, 5) is 33.0. The molecule has 3 aromatic rings. The van der Waals surface area contributed by atoms with E-state index < -0.39 is 0 Å². The van der Waals surface area contributed by atoms with Gasteiger partial charge in [0, 0.05) is 49.8 Å². The first-order chi connectivity index (χ1) is 17.0. The standard InChI is InChI=1S/C24H31Cl2N7O2/c1-2-17-13-32(23-20(26)27-21-22(28-23)30-24(35)29-21)11-12-33(17)18-7-9-31(10-8-18)19(14-34)15-3-5-16(25)6-4-15/h3-6,17-19,34H,2,7-14H2,1H3,(H2,27,28,29,30,35)/t17-,19+/m0/s1. The molecule has 4 heterocycles. The highest BCUT2D eigenvalue weighted by atomic mass is 35.5. The van der Waals surface area contributed by atoms with Crippen molar-refractivity contribution < 1.29 is 5.11 Å². The molecule has 2 aliphatic heterocycles. The number of halogens is 2. The van der Waals surface area contributed by atoms with Crippen molar-refractivity contribution in [3.63, 3.8) is 0 Å². The molecular formula is C24H31Cl2N7O2. The molecule has 0 amide bonds. The number of hydrogen-bond acceptors (Lipinski definition) is 7. The summed E-state index contributed by atoms with van der Waals surface area (Å²) in [6.07, 6.45) is 3.16. The topological polar surface area (TPSA) is 104 Å². The monoisotopic (exact) mass is 519 g/mol. The van der Waals surface area contributed by atoms with Gasteiger partial charge in [-0.25, -0.2) is 14.8 Å². The predicted octanol–water partition coefficient (Wildman–Crippen LogP) is 3.05. The van der Waals surface area contributed by atoms with Crippen molar-refractivity contribution in [1.82, 2.24) is 29.7 Å². The van der Waals surface area contributed by atoms with Crippen LogP contribution in [0.4, 0.5) is 5.82 Å². The second-order valence-corrected chi connectivity index (χ2v) is 10.2. The highest BCUT2D eigenvalue weighted by Crippen LogP contribution is 2.31. The molecule has 2 aromatic heterocycles. The van der Waals surface area contributed by atoms with Crippen LogP contribution in [0.1, 0.15) is 37.8 Å². The lowest BCUT2D eigenvalue weighted by Gasteiger charge is -2.48. The Morgan fingerprint density at radius 3 is 2.40 bits per heavy atom. The molecule has 2 fully saturated rings. The fourth-order valence-electron chi connectivity index (χ4n) is 5.58. The Morgan fingerprint density at radius 1 is 1.06 bits per heavy atom. The molecule has 0 bridgehead atoms. The molecular weight excluding hydrogens is 489 g/mol. The van der Waals surface area contributed by atoms with E-state index in [-0.39, 0.29) is 18.3 Å². The summed E-state index contributed by atoms with van der Waals surface area (Å²) < 4.78 is 0. The van der Waals surface area contributed by atoms with E-state index in [9.17, 15) is 9.90 Å². The highest BCUT2D eigenvalue weighted by molar-refractivity contribution is 6.32. The largest absolute Gasteiger partial charge is 0.394 e. The minimum absolute atomic E-state index is 0.00235. The quantitative estimate of drug-likeness (QED) is 0.459. The van der Waals surface area contributed by atoms with Crippen LogP contribution >= 0.6 is 23.2 Å². The zero-order valence-corrected chi connectivity index (χ0v) is 21.3. The number of aliphatic hydroxyl groups excluding tert-OH is 1. The number of piperidine rings is 1. The Bertz CT molecular complexity index is 1210. The second kappa shape index (κ2) is 10.4. The maximum absolute atomic E-state index is 11.6. The van der Waals surface area contributed by atoms with Crippen molar-refractivity contribution in [3.05, 3.63) is 50.5 Å². The fraction of sp³-hybridized carbons (Fsp3) is 0.542. The molecule has 2 aliphatic rings. The number of likely N-dealkylation sites (tertiary alicyclic amines) is 1. The average molecular weight is 520 g/mol. The minimum Gasteiger partial charge on any atom is -0.394 e. The number of nitrogens with zero attached hydrogens (tertiary/aromatic N) is 5. The molecule has 1 aromatic carbocycles. The maximum atomic E-state index is 11.6. The molecule has 0 unspecified atom stereocenters. The number of H-pyrrole nitrogens is 2. The van der Waals surface area contributed by atoms with E-state index in [4.69, 9.17) is 23.2 Å². The van der Waals surface area contributed by atoms with Crippen molar-refractivity contribution in [3.8, 4) is 0 Å². The van der Waals surface area contributed by atoms with Gasteiger partial charge in [-0.3, -0.25) is 19.8 Å². The number of benzene rings is 1. The van der Waals surface area contributed by atoms with Crippen LogP contribution in [0, 0.1) is 0 Å². The van der Waals surface area contributed by atoms with Crippen LogP contribution in [0.5, 0.6) is 0 Å². The number of anilines is 1. The molecule has 11 heteroatoms. The number of aromatic amines is 2. The first-order valence-corrected chi connectivity index (χ1v) is 13.0. The van der Waals surface area contributed by atoms with Gasteiger partial charge in [0.05, 0.1) is 12.6 Å². The van der Waals surface area contributed by atoms with E-state index in [1.807, 2.05) is 24.3 Å². The number of imidazole rings is 1. The number of fused-ring (bicyclic) bond motifs is 1. The van der Waals surface area contributed by atoms with Gasteiger partial charge in [0.2, 0.25) is 0 Å². The van der Waals surface area contributed by atoms with Crippen LogP contribution in [-0.4, -0.2) is 86.3 Å². The third-order valence-corrected chi connectivity index (χ3v) is 7.94. The summed E-state index contributed by atoms with van der Waals surface area (Å²) in [5.74, 6) is 0.621. The molecule has 0 aliphatic carbocycles. The van der Waals surface area contributed by atoms with E-state index in [2.05, 4.69) is 41.6 Å². The number of nitrogens with one attached hydrogen (secondary N) is 2. The van der Waals surface area contributed by atoms with Gasteiger partial charge >= 0.3 is 5.69 Å². The Hall–Kier alpha value is -2.17. The summed E-state index contributed by atoms with van der Waals surface area (Å²) in [7, 11) is 0. The smallest absolute Gasteiger partial charge is 0.326 e. The lowest BCUT2D eigenvalue weighted by Crippen LogP contribution is -2.58. The van der Waals surface area contributed by atoms with Crippen molar-refractivity contribution in [2.45, 2.75) is 44.3 Å². The predicted molar refractivity (Wildman–Crippen MR) is 138 cm³/mol. The van der Waals surface area contributed by atoms with Crippen LogP contribution in [0.2, 0.25) is 10.2 Å². The number of aromatic nitrogens is 4. The second-order valence-electron chi connectivity index (χ2n) is 9.38. The molecule has 2 saturated heterocycles.